The molecular formula is C13H14BrF. The average molecular weight is 269 g/mol. The summed E-state index contributed by atoms with van der Waals surface area (Å²) in [6.07, 6.45) is 7.94. The van der Waals surface area contributed by atoms with Gasteiger partial charge in [0.15, 0.2) is 0 Å². The molecule has 80 valence electrons. The van der Waals surface area contributed by atoms with Crippen LogP contribution in [0.25, 0.3) is 0 Å². The molecule has 0 unspecified atom stereocenters. The molecule has 2 heteroatoms. The Kier molecular flexibility index (Phi) is 3.57. The molecule has 0 aromatic heterocycles. The molecule has 0 nitrogen and oxygen atoms in total. The van der Waals surface area contributed by atoms with Crippen molar-refractivity contribution in [1.82, 2.24) is 0 Å². The number of hydrogen-bond donors (Lipinski definition) is 0. The predicted octanol–water partition coefficient (Wildman–Crippen LogP) is 4.63. The molecular weight excluding hydrogens is 255 g/mol. The van der Waals surface area contributed by atoms with Crippen molar-refractivity contribution in [2.24, 2.45) is 0 Å². The van der Waals surface area contributed by atoms with Gasteiger partial charge in [-0.25, -0.2) is 4.39 Å². The predicted molar refractivity (Wildman–Crippen MR) is 64.4 cm³/mol. The zero-order chi connectivity index (χ0) is 10.7. The molecule has 0 atom stereocenters. The quantitative estimate of drug-likeness (QED) is 0.686. The second kappa shape index (κ2) is 4.93. The van der Waals surface area contributed by atoms with Gasteiger partial charge >= 0.3 is 0 Å². The zero-order valence-electron chi connectivity index (χ0n) is 8.60. The lowest BCUT2D eigenvalue weighted by atomic mass is 10.1. The molecule has 0 saturated heterocycles. The largest absolute Gasteiger partial charge is 0.207 e. The Morgan fingerprint density at radius 2 is 2.00 bits per heavy atom. The first kappa shape index (κ1) is 10.9. The van der Waals surface area contributed by atoms with Crippen LogP contribution in [0.5, 0.6) is 0 Å². The summed E-state index contributed by atoms with van der Waals surface area (Å²) >= 11 is 3.26. The van der Waals surface area contributed by atoms with Crippen molar-refractivity contribution in [3.05, 3.63) is 45.7 Å². The van der Waals surface area contributed by atoms with Crippen LogP contribution in [-0.4, -0.2) is 0 Å². The van der Waals surface area contributed by atoms with Gasteiger partial charge in [-0.3, -0.25) is 0 Å². The van der Waals surface area contributed by atoms with Crippen molar-refractivity contribution in [2.45, 2.75) is 32.1 Å². The normalized spacial score (nSPS) is 15.7. The highest BCUT2D eigenvalue weighted by atomic mass is 79.9. The lowest BCUT2D eigenvalue weighted by Crippen LogP contribution is -1.88. The third-order valence-electron chi connectivity index (χ3n) is 2.87. The van der Waals surface area contributed by atoms with Crippen LogP contribution in [0.4, 0.5) is 4.39 Å². The van der Waals surface area contributed by atoms with Gasteiger partial charge < -0.3 is 0 Å². The third kappa shape index (κ3) is 2.91. The number of rotatable bonds is 2. The van der Waals surface area contributed by atoms with Crippen molar-refractivity contribution in [1.29, 1.82) is 0 Å². The molecule has 0 radical (unpaired) electrons. The van der Waals surface area contributed by atoms with Crippen LogP contribution in [0.1, 0.15) is 31.2 Å². The minimum atomic E-state index is -0.112. The first-order chi connectivity index (χ1) is 7.25. The van der Waals surface area contributed by atoms with Crippen LogP contribution < -0.4 is 0 Å². The molecule has 0 amide bonds. The SMILES string of the molecule is Fc1cc(Br)ccc1CC=C1CCCC1. The number of benzene rings is 1. The first-order valence-electron chi connectivity index (χ1n) is 5.37. The highest BCUT2D eigenvalue weighted by Gasteiger charge is 2.07. The van der Waals surface area contributed by atoms with E-state index in [1.807, 2.05) is 12.1 Å². The van der Waals surface area contributed by atoms with E-state index in [4.69, 9.17) is 0 Å². The molecule has 0 N–H and O–H groups in total. The molecule has 0 heterocycles. The summed E-state index contributed by atoms with van der Waals surface area (Å²) in [5.41, 5.74) is 2.29. The molecule has 0 bridgehead atoms. The summed E-state index contributed by atoms with van der Waals surface area (Å²) in [5, 5.41) is 0. The molecule has 15 heavy (non-hydrogen) atoms. The summed E-state index contributed by atoms with van der Waals surface area (Å²) in [5.74, 6) is -0.112. The van der Waals surface area contributed by atoms with E-state index < -0.39 is 0 Å². The smallest absolute Gasteiger partial charge is 0.127 e. The maximum Gasteiger partial charge on any atom is 0.127 e. The van der Waals surface area contributed by atoms with Crippen molar-refractivity contribution >= 4 is 15.9 Å². The Morgan fingerprint density at radius 1 is 1.27 bits per heavy atom. The van der Waals surface area contributed by atoms with Gasteiger partial charge in [0.05, 0.1) is 0 Å². The summed E-state index contributed by atoms with van der Waals surface area (Å²) in [4.78, 5) is 0. The lowest BCUT2D eigenvalue weighted by molar-refractivity contribution is 0.613. The molecule has 1 aliphatic carbocycles. The fourth-order valence-corrected chi connectivity index (χ4v) is 2.31. The molecule has 1 aromatic carbocycles. The van der Waals surface area contributed by atoms with E-state index in [2.05, 4.69) is 22.0 Å². The topological polar surface area (TPSA) is 0 Å². The van der Waals surface area contributed by atoms with Crippen LogP contribution in [0.15, 0.2) is 34.3 Å². The van der Waals surface area contributed by atoms with Crippen LogP contribution >= 0.6 is 15.9 Å². The van der Waals surface area contributed by atoms with Gasteiger partial charge in [0, 0.05) is 4.47 Å². The monoisotopic (exact) mass is 268 g/mol. The Morgan fingerprint density at radius 3 is 2.67 bits per heavy atom. The average Bonchev–Trinajstić information content (AvgIpc) is 2.69. The van der Waals surface area contributed by atoms with Crippen LogP contribution in [0.3, 0.4) is 0 Å². The second-order valence-corrected chi connectivity index (χ2v) is 4.93. The highest BCUT2D eigenvalue weighted by molar-refractivity contribution is 9.10. The Labute approximate surface area is 98.3 Å². The lowest BCUT2D eigenvalue weighted by Gasteiger charge is -2.01. The van der Waals surface area contributed by atoms with Gasteiger partial charge in [-0.1, -0.05) is 33.6 Å². The van der Waals surface area contributed by atoms with Gasteiger partial charge in [-0.15, -0.1) is 0 Å². The fourth-order valence-electron chi connectivity index (χ4n) is 1.97. The summed E-state index contributed by atoms with van der Waals surface area (Å²) in [6.45, 7) is 0. The number of allylic oxidation sites excluding steroid dienone is 2. The summed E-state index contributed by atoms with van der Waals surface area (Å²) in [6, 6.07) is 5.28. The van der Waals surface area contributed by atoms with E-state index in [1.165, 1.54) is 37.3 Å². The van der Waals surface area contributed by atoms with Crippen molar-refractivity contribution < 1.29 is 4.39 Å². The minimum absolute atomic E-state index is 0.112. The Balaban J connectivity index is 2.07. The summed E-state index contributed by atoms with van der Waals surface area (Å²) in [7, 11) is 0. The Hall–Kier alpha value is -0.630. The zero-order valence-corrected chi connectivity index (χ0v) is 10.2. The maximum atomic E-state index is 13.5. The highest BCUT2D eigenvalue weighted by Crippen LogP contribution is 2.24. The summed E-state index contributed by atoms with van der Waals surface area (Å²) < 4.78 is 14.3. The van der Waals surface area contributed by atoms with Gasteiger partial charge in [0.1, 0.15) is 5.82 Å². The van der Waals surface area contributed by atoms with Gasteiger partial charge in [-0.05, 0) is 49.8 Å². The van der Waals surface area contributed by atoms with Gasteiger partial charge in [0.2, 0.25) is 0 Å². The molecule has 0 spiro atoms. The molecule has 2 rings (SSSR count). The van der Waals surface area contributed by atoms with Gasteiger partial charge in [0.25, 0.3) is 0 Å². The molecule has 1 fully saturated rings. The second-order valence-electron chi connectivity index (χ2n) is 4.01. The van der Waals surface area contributed by atoms with E-state index in [9.17, 15) is 4.39 Å². The molecule has 1 aliphatic rings. The first-order valence-corrected chi connectivity index (χ1v) is 6.17. The van der Waals surface area contributed by atoms with Crippen LogP contribution in [-0.2, 0) is 6.42 Å². The van der Waals surface area contributed by atoms with Gasteiger partial charge in [-0.2, -0.15) is 0 Å². The standard InChI is InChI=1S/C13H14BrF/c14-12-8-7-11(13(15)9-12)6-5-10-3-1-2-4-10/h5,7-9H,1-4,6H2. The van der Waals surface area contributed by atoms with Crippen molar-refractivity contribution in [2.75, 3.05) is 0 Å². The van der Waals surface area contributed by atoms with E-state index >= 15 is 0 Å². The van der Waals surface area contributed by atoms with E-state index in [0.717, 1.165) is 16.5 Å². The molecule has 1 aromatic rings. The maximum absolute atomic E-state index is 13.5. The van der Waals surface area contributed by atoms with E-state index in [0.29, 0.717) is 0 Å². The van der Waals surface area contributed by atoms with Crippen LogP contribution in [0.2, 0.25) is 0 Å². The molecule has 0 aliphatic heterocycles. The minimum Gasteiger partial charge on any atom is -0.207 e. The number of halogens is 2. The molecule has 1 saturated carbocycles. The van der Waals surface area contributed by atoms with Crippen molar-refractivity contribution in [3.63, 3.8) is 0 Å². The Bertz CT molecular complexity index is 374. The fraction of sp³-hybridized carbons (Fsp3) is 0.385. The van der Waals surface area contributed by atoms with Crippen molar-refractivity contribution in [3.8, 4) is 0 Å². The van der Waals surface area contributed by atoms with Crippen LogP contribution in [0, 0.1) is 5.82 Å². The third-order valence-corrected chi connectivity index (χ3v) is 3.36. The van der Waals surface area contributed by atoms with E-state index in [1.54, 1.807) is 0 Å². The number of hydrogen-bond acceptors (Lipinski definition) is 0. The van der Waals surface area contributed by atoms with E-state index in [-0.39, 0.29) is 5.82 Å².